The van der Waals surface area contributed by atoms with Crippen molar-refractivity contribution >= 4 is 17.2 Å². The Kier molecular flexibility index (Phi) is 5.23. The van der Waals surface area contributed by atoms with Crippen molar-refractivity contribution in [3.8, 4) is 11.3 Å². The van der Waals surface area contributed by atoms with Gasteiger partial charge in [0.05, 0.1) is 30.3 Å². The summed E-state index contributed by atoms with van der Waals surface area (Å²) in [6.45, 7) is 7.21. The van der Waals surface area contributed by atoms with Crippen LogP contribution in [0.3, 0.4) is 0 Å². The van der Waals surface area contributed by atoms with Gasteiger partial charge in [-0.1, -0.05) is 35.0 Å². The van der Waals surface area contributed by atoms with Crippen molar-refractivity contribution in [2.75, 3.05) is 19.7 Å². The minimum Gasteiger partial charge on any atom is -0.366 e. The summed E-state index contributed by atoms with van der Waals surface area (Å²) in [5, 5.41) is 4.88. The van der Waals surface area contributed by atoms with Gasteiger partial charge in [0.1, 0.15) is 6.10 Å². The van der Waals surface area contributed by atoms with Gasteiger partial charge in [0, 0.05) is 23.9 Å². The lowest BCUT2D eigenvalue weighted by Crippen LogP contribution is -2.43. The van der Waals surface area contributed by atoms with Crippen molar-refractivity contribution in [2.45, 2.75) is 33.3 Å². The summed E-state index contributed by atoms with van der Waals surface area (Å²) in [6, 6.07) is 8.24. The number of aryl methyl sites for hydroxylation is 3. The van der Waals surface area contributed by atoms with Crippen LogP contribution in [0.4, 0.5) is 0 Å². The predicted molar refractivity (Wildman–Crippen MR) is 105 cm³/mol. The molecular formula is C20H22N4O3S. The maximum absolute atomic E-state index is 13.0. The third-order valence-corrected chi connectivity index (χ3v) is 5.66. The number of thiazole rings is 1. The van der Waals surface area contributed by atoms with Crippen LogP contribution in [0, 0.1) is 20.8 Å². The number of aromatic nitrogens is 3. The molecule has 0 radical (unpaired) electrons. The fraction of sp³-hybridized carbons (Fsp3) is 0.400. The number of benzene rings is 1. The van der Waals surface area contributed by atoms with Crippen LogP contribution in [-0.4, -0.2) is 45.6 Å². The Morgan fingerprint density at radius 2 is 2.00 bits per heavy atom. The van der Waals surface area contributed by atoms with E-state index in [1.807, 2.05) is 11.8 Å². The summed E-state index contributed by atoms with van der Waals surface area (Å²) in [5.74, 6) is 1.04. The molecule has 3 aromatic rings. The number of nitrogens with zero attached hydrogens (tertiary/aromatic N) is 4. The zero-order valence-electron chi connectivity index (χ0n) is 16.1. The summed E-state index contributed by atoms with van der Waals surface area (Å²) in [6.07, 6.45) is -0.0258. The molecule has 4 rings (SSSR count). The minimum absolute atomic E-state index is 0.0607. The molecule has 8 heteroatoms. The van der Waals surface area contributed by atoms with E-state index in [0.29, 0.717) is 37.8 Å². The Balaban J connectivity index is 1.50. The number of carbonyl (C=O) groups is 1. The van der Waals surface area contributed by atoms with Crippen LogP contribution in [0.5, 0.6) is 0 Å². The molecule has 0 spiro atoms. The van der Waals surface area contributed by atoms with Gasteiger partial charge in [-0.05, 0) is 13.8 Å². The second kappa shape index (κ2) is 7.81. The van der Waals surface area contributed by atoms with Crippen LogP contribution in [-0.2, 0) is 16.0 Å². The van der Waals surface area contributed by atoms with Crippen LogP contribution >= 0.6 is 11.3 Å². The highest BCUT2D eigenvalue weighted by Crippen LogP contribution is 2.30. The van der Waals surface area contributed by atoms with Crippen molar-refractivity contribution < 1.29 is 14.1 Å². The largest absolute Gasteiger partial charge is 0.366 e. The fourth-order valence-electron chi connectivity index (χ4n) is 3.25. The SMILES string of the molecule is Cc1ccc(-c2nc(C)sc2CC(=O)N2CCOC(c3noc(C)n3)C2)cc1. The second-order valence-corrected chi connectivity index (χ2v) is 8.21. The molecular weight excluding hydrogens is 376 g/mol. The summed E-state index contributed by atoms with van der Waals surface area (Å²) in [5.41, 5.74) is 3.14. The summed E-state index contributed by atoms with van der Waals surface area (Å²) >= 11 is 1.58. The van der Waals surface area contributed by atoms with Gasteiger partial charge in [0.25, 0.3) is 0 Å². The normalized spacial score (nSPS) is 17.1. The van der Waals surface area contributed by atoms with E-state index in [4.69, 9.17) is 9.26 Å². The molecule has 28 heavy (non-hydrogen) atoms. The molecule has 1 fully saturated rings. The quantitative estimate of drug-likeness (QED) is 0.671. The Morgan fingerprint density at radius 1 is 1.21 bits per heavy atom. The molecule has 1 aliphatic rings. The maximum Gasteiger partial charge on any atom is 0.228 e. The predicted octanol–water partition coefficient (Wildman–Crippen LogP) is 3.26. The van der Waals surface area contributed by atoms with E-state index < -0.39 is 0 Å². The molecule has 0 bridgehead atoms. The molecule has 1 aliphatic heterocycles. The van der Waals surface area contributed by atoms with Crippen LogP contribution in [0.25, 0.3) is 11.3 Å². The minimum atomic E-state index is -0.352. The van der Waals surface area contributed by atoms with Crippen LogP contribution < -0.4 is 0 Å². The van der Waals surface area contributed by atoms with Crippen LogP contribution in [0.15, 0.2) is 28.8 Å². The molecule has 1 unspecified atom stereocenters. The van der Waals surface area contributed by atoms with E-state index in [0.717, 1.165) is 21.1 Å². The molecule has 146 valence electrons. The first-order chi connectivity index (χ1) is 13.5. The second-order valence-electron chi connectivity index (χ2n) is 6.92. The zero-order chi connectivity index (χ0) is 19.7. The maximum atomic E-state index is 13.0. The van der Waals surface area contributed by atoms with Gasteiger partial charge in [0.2, 0.25) is 17.6 Å². The molecule has 3 heterocycles. The lowest BCUT2D eigenvalue weighted by Gasteiger charge is -2.31. The lowest BCUT2D eigenvalue weighted by atomic mass is 10.1. The van der Waals surface area contributed by atoms with Crippen molar-refractivity contribution in [3.05, 3.63) is 51.4 Å². The lowest BCUT2D eigenvalue weighted by molar-refractivity contribution is -0.138. The summed E-state index contributed by atoms with van der Waals surface area (Å²) in [7, 11) is 0. The van der Waals surface area contributed by atoms with E-state index in [9.17, 15) is 4.79 Å². The van der Waals surface area contributed by atoms with Gasteiger partial charge >= 0.3 is 0 Å². The number of carbonyl (C=O) groups excluding carboxylic acids is 1. The van der Waals surface area contributed by atoms with Crippen molar-refractivity contribution in [1.82, 2.24) is 20.0 Å². The highest BCUT2D eigenvalue weighted by Gasteiger charge is 2.29. The smallest absolute Gasteiger partial charge is 0.228 e. The van der Waals surface area contributed by atoms with Gasteiger partial charge in [-0.15, -0.1) is 11.3 Å². The Bertz CT molecular complexity index is 980. The van der Waals surface area contributed by atoms with Gasteiger partial charge in [-0.3, -0.25) is 4.79 Å². The van der Waals surface area contributed by atoms with E-state index in [1.54, 1.807) is 18.3 Å². The molecule has 1 saturated heterocycles. The standard InChI is InChI=1S/C20H22N4O3S/c1-12-4-6-15(7-5-12)19-17(28-14(3)22-19)10-18(25)24-8-9-26-16(11-24)20-21-13(2)27-23-20/h4-7,16H,8-11H2,1-3H3. The average molecular weight is 398 g/mol. The Hall–Kier alpha value is -2.58. The highest BCUT2D eigenvalue weighted by atomic mass is 32.1. The third kappa shape index (κ3) is 3.98. The highest BCUT2D eigenvalue weighted by molar-refractivity contribution is 7.12. The molecule has 1 atom stereocenters. The number of morpholine rings is 1. The van der Waals surface area contributed by atoms with Gasteiger partial charge < -0.3 is 14.2 Å². The number of hydrogen-bond donors (Lipinski definition) is 0. The van der Waals surface area contributed by atoms with Crippen molar-refractivity contribution in [1.29, 1.82) is 0 Å². The fourth-order valence-corrected chi connectivity index (χ4v) is 4.20. The Morgan fingerprint density at radius 3 is 2.71 bits per heavy atom. The molecule has 0 N–H and O–H groups in total. The van der Waals surface area contributed by atoms with Crippen LogP contribution in [0.1, 0.15) is 33.3 Å². The van der Waals surface area contributed by atoms with E-state index in [2.05, 4.69) is 46.3 Å². The van der Waals surface area contributed by atoms with Crippen molar-refractivity contribution in [2.24, 2.45) is 0 Å². The number of amides is 1. The molecule has 1 aromatic carbocycles. The summed E-state index contributed by atoms with van der Waals surface area (Å²) in [4.78, 5) is 24.7. The van der Waals surface area contributed by atoms with E-state index in [-0.39, 0.29) is 12.0 Å². The molecule has 0 saturated carbocycles. The van der Waals surface area contributed by atoms with E-state index >= 15 is 0 Å². The Labute approximate surface area is 167 Å². The average Bonchev–Trinajstić information content (AvgIpc) is 3.28. The first-order valence-electron chi connectivity index (χ1n) is 9.22. The first kappa shape index (κ1) is 18.8. The topological polar surface area (TPSA) is 81.4 Å². The number of ether oxygens (including phenoxy) is 1. The third-order valence-electron chi connectivity index (χ3n) is 4.69. The van der Waals surface area contributed by atoms with Crippen LogP contribution in [0.2, 0.25) is 0 Å². The summed E-state index contributed by atoms with van der Waals surface area (Å²) < 4.78 is 10.8. The molecule has 2 aromatic heterocycles. The first-order valence-corrected chi connectivity index (χ1v) is 10.0. The zero-order valence-corrected chi connectivity index (χ0v) is 17.0. The van der Waals surface area contributed by atoms with E-state index in [1.165, 1.54) is 5.56 Å². The van der Waals surface area contributed by atoms with Gasteiger partial charge in [0.15, 0.2) is 0 Å². The van der Waals surface area contributed by atoms with Crippen molar-refractivity contribution in [3.63, 3.8) is 0 Å². The monoisotopic (exact) mass is 398 g/mol. The van der Waals surface area contributed by atoms with Gasteiger partial charge in [-0.2, -0.15) is 4.98 Å². The molecule has 7 nitrogen and oxygen atoms in total. The number of rotatable bonds is 4. The number of hydrogen-bond acceptors (Lipinski definition) is 7. The van der Waals surface area contributed by atoms with Gasteiger partial charge in [-0.25, -0.2) is 4.98 Å². The molecule has 1 amide bonds. The molecule has 0 aliphatic carbocycles.